The molecule has 0 amide bonds. The smallest absolute Gasteiger partial charge is 0.0499 e. The summed E-state index contributed by atoms with van der Waals surface area (Å²) in [6, 6.07) is 5.99. The summed E-state index contributed by atoms with van der Waals surface area (Å²) in [7, 11) is 0. The summed E-state index contributed by atoms with van der Waals surface area (Å²) in [5.74, 6) is -0.0621. The van der Waals surface area contributed by atoms with Crippen molar-refractivity contribution in [1.29, 1.82) is 0 Å². The van der Waals surface area contributed by atoms with Gasteiger partial charge in [-0.25, -0.2) is 0 Å². The molecule has 1 heteroatoms. The SMILES string of the molecule is [CH2]C(CO)c1cccc(C)c1C=C. The molecule has 13 heavy (non-hydrogen) atoms. The number of hydrogen-bond donors (Lipinski definition) is 1. The summed E-state index contributed by atoms with van der Waals surface area (Å²) in [4.78, 5) is 0. The maximum atomic E-state index is 9.00. The first-order chi connectivity index (χ1) is 6.20. The zero-order valence-corrected chi connectivity index (χ0v) is 7.96. The van der Waals surface area contributed by atoms with Crippen LogP contribution in [0.1, 0.15) is 22.6 Å². The van der Waals surface area contributed by atoms with Crippen LogP contribution in [0.25, 0.3) is 6.08 Å². The Bertz CT molecular complexity index is 302. The summed E-state index contributed by atoms with van der Waals surface area (Å²) in [6.07, 6.45) is 1.82. The normalized spacial score (nSPS) is 12.5. The second-order valence-corrected chi connectivity index (χ2v) is 3.16. The van der Waals surface area contributed by atoms with Crippen LogP contribution in [0.3, 0.4) is 0 Å². The van der Waals surface area contributed by atoms with Gasteiger partial charge in [-0.2, -0.15) is 0 Å². The summed E-state index contributed by atoms with van der Waals surface area (Å²) < 4.78 is 0. The molecular weight excluding hydrogens is 160 g/mol. The molecule has 1 aromatic carbocycles. The molecule has 0 spiro atoms. The molecule has 1 unspecified atom stereocenters. The lowest BCUT2D eigenvalue weighted by Gasteiger charge is -2.13. The van der Waals surface area contributed by atoms with Gasteiger partial charge in [-0.3, -0.25) is 0 Å². The van der Waals surface area contributed by atoms with Crippen molar-refractivity contribution in [3.8, 4) is 0 Å². The van der Waals surface area contributed by atoms with Gasteiger partial charge in [-0.1, -0.05) is 30.9 Å². The molecule has 1 rings (SSSR count). The van der Waals surface area contributed by atoms with Gasteiger partial charge < -0.3 is 5.11 Å². The number of aliphatic hydroxyl groups excluding tert-OH is 1. The molecule has 69 valence electrons. The molecule has 1 radical (unpaired) electrons. The van der Waals surface area contributed by atoms with E-state index in [1.807, 2.05) is 31.2 Å². The average molecular weight is 175 g/mol. The van der Waals surface area contributed by atoms with Crippen molar-refractivity contribution in [2.24, 2.45) is 0 Å². The van der Waals surface area contributed by atoms with Gasteiger partial charge in [0.1, 0.15) is 0 Å². The van der Waals surface area contributed by atoms with Gasteiger partial charge in [-0.05, 0) is 30.5 Å². The Kier molecular flexibility index (Phi) is 3.26. The third-order valence-electron chi connectivity index (χ3n) is 2.22. The van der Waals surface area contributed by atoms with Crippen LogP contribution < -0.4 is 0 Å². The number of hydrogen-bond acceptors (Lipinski definition) is 1. The largest absolute Gasteiger partial charge is 0.396 e. The third kappa shape index (κ3) is 1.99. The van der Waals surface area contributed by atoms with Crippen LogP contribution in [0.15, 0.2) is 24.8 Å². The van der Waals surface area contributed by atoms with Gasteiger partial charge >= 0.3 is 0 Å². The van der Waals surface area contributed by atoms with E-state index in [1.54, 1.807) is 0 Å². The Morgan fingerprint density at radius 3 is 2.77 bits per heavy atom. The molecule has 1 atom stereocenters. The van der Waals surface area contributed by atoms with Crippen LogP contribution in [0.2, 0.25) is 0 Å². The Hall–Kier alpha value is -1.08. The quantitative estimate of drug-likeness (QED) is 0.748. The van der Waals surface area contributed by atoms with Crippen LogP contribution in [0.4, 0.5) is 0 Å². The second-order valence-electron chi connectivity index (χ2n) is 3.16. The summed E-state index contributed by atoms with van der Waals surface area (Å²) in [5, 5.41) is 9.00. The van der Waals surface area contributed by atoms with E-state index < -0.39 is 0 Å². The van der Waals surface area contributed by atoms with Crippen LogP contribution in [0, 0.1) is 13.8 Å². The van der Waals surface area contributed by atoms with Gasteiger partial charge in [-0.15, -0.1) is 0 Å². The lowest BCUT2D eigenvalue weighted by Crippen LogP contribution is -2.02. The predicted octanol–water partition coefficient (Wildman–Crippen LogP) is 2.55. The lowest BCUT2D eigenvalue weighted by molar-refractivity contribution is 0.282. The van der Waals surface area contributed by atoms with E-state index in [-0.39, 0.29) is 12.5 Å². The summed E-state index contributed by atoms with van der Waals surface area (Å²) >= 11 is 0. The Morgan fingerprint density at radius 1 is 1.54 bits per heavy atom. The number of rotatable bonds is 3. The predicted molar refractivity (Wildman–Crippen MR) is 56.5 cm³/mol. The minimum Gasteiger partial charge on any atom is -0.396 e. The lowest BCUT2D eigenvalue weighted by atomic mass is 9.93. The first-order valence-electron chi connectivity index (χ1n) is 4.36. The molecule has 0 aliphatic rings. The monoisotopic (exact) mass is 175 g/mol. The molecule has 0 bridgehead atoms. The molecule has 0 saturated heterocycles. The van der Waals surface area contributed by atoms with Crippen LogP contribution in [-0.2, 0) is 0 Å². The van der Waals surface area contributed by atoms with Crippen molar-refractivity contribution in [3.63, 3.8) is 0 Å². The van der Waals surface area contributed by atoms with Gasteiger partial charge in [0.25, 0.3) is 0 Å². The van der Waals surface area contributed by atoms with Crippen molar-refractivity contribution in [3.05, 3.63) is 48.4 Å². The first kappa shape index (κ1) is 10.0. The number of benzene rings is 1. The Morgan fingerprint density at radius 2 is 2.23 bits per heavy atom. The summed E-state index contributed by atoms with van der Waals surface area (Å²) in [5.41, 5.74) is 3.34. The van der Waals surface area contributed by atoms with E-state index in [4.69, 9.17) is 5.11 Å². The van der Waals surface area contributed by atoms with Crippen LogP contribution in [-0.4, -0.2) is 11.7 Å². The Balaban J connectivity index is 3.19. The van der Waals surface area contributed by atoms with Crippen molar-refractivity contribution in [2.45, 2.75) is 12.8 Å². The minimum atomic E-state index is -0.0621. The van der Waals surface area contributed by atoms with E-state index in [9.17, 15) is 0 Å². The molecule has 1 N–H and O–H groups in total. The van der Waals surface area contributed by atoms with E-state index in [0.29, 0.717) is 0 Å². The number of aryl methyl sites for hydroxylation is 1. The van der Waals surface area contributed by atoms with E-state index >= 15 is 0 Å². The fourth-order valence-corrected chi connectivity index (χ4v) is 1.44. The molecule has 0 aliphatic heterocycles. The maximum absolute atomic E-state index is 9.00. The Labute approximate surface area is 79.7 Å². The standard InChI is InChI=1S/C12H15O/c1-4-11-9(2)6-5-7-12(11)10(3)8-13/h4-7,10,13H,1,3,8H2,2H3. The highest BCUT2D eigenvalue weighted by Gasteiger charge is 2.08. The molecule has 0 aliphatic carbocycles. The van der Waals surface area contributed by atoms with Gasteiger partial charge in [0.2, 0.25) is 0 Å². The van der Waals surface area contributed by atoms with Crippen LogP contribution >= 0.6 is 0 Å². The zero-order valence-electron chi connectivity index (χ0n) is 7.96. The van der Waals surface area contributed by atoms with Crippen molar-refractivity contribution in [2.75, 3.05) is 6.61 Å². The molecule has 0 fully saturated rings. The fourth-order valence-electron chi connectivity index (χ4n) is 1.44. The van der Waals surface area contributed by atoms with E-state index in [1.165, 1.54) is 5.56 Å². The maximum Gasteiger partial charge on any atom is 0.0499 e. The van der Waals surface area contributed by atoms with Gasteiger partial charge in [0.05, 0.1) is 0 Å². The molecule has 1 nitrogen and oxygen atoms in total. The van der Waals surface area contributed by atoms with Crippen LogP contribution in [0.5, 0.6) is 0 Å². The third-order valence-corrected chi connectivity index (χ3v) is 2.22. The average Bonchev–Trinajstić information content (AvgIpc) is 2.16. The highest BCUT2D eigenvalue weighted by Crippen LogP contribution is 2.22. The fraction of sp³-hybridized carbons (Fsp3) is 0.250. The topological polar surface area (TPSA) is 20.2 Å². The van der Waals surface area contributed by atoms with Gasteiger partial charge in [0, 0.05) is 12.5 Å². The number of aliphatic hydroxyl groups is 1. The van der Waals surface area contributed by atoms with Gasteiger partial charge in [0.15, 0.2) is 0 Å². The molecule has 0 saturated carbocycles. The minimum absolute atomic E-state index is 0.0621. The molecule has 1 aromatic rings. The highest BCUT2D eigenvalue weighted by molar-refractivity contribution is 5.57. The van der Waals surface area contributed by atoms with E-state index in [0.717, 1.165) is 11.1 Å². The molecular formula is C12H15O. The zero-order chi connectivity index (χ0) is 9.84. The van der Waals surface area contributed by atoms with Crippen molar-refractivity contribution < 1.29 is 5.11 Å². The molecule has 0 heterocycles. The summed E-state index contributed by atoms with van der Waals surface area (Å²) in [6.45, 7) is 9.74. The van der Waals surface area contributed by atoms with Crippen molar-refractivity contribution in [1.82, 2.24) is 0 Å². The molecule has 0 aromatic heterocycles. The second kappa shape index (κ2) is 4.24. The first-order valence-corrected chi connectivity index (χ1v) is 4.36. The van der Waals surface area contributed by atoms with Crippen molar-refractivity contribution >= 4 is 6.08 Å². The van der Waals surface area contributed by atoms with E-state index in [2.05, 4.69) is 13.5 Å². The highest BCUT2D eigenvalue weighted by atomic mass is 16.3.